The van der Waals surface area contributed by atoms with Gasteiger partial charge in [0.1, 0.15) is 17.5 Å². The van der Waals surface area contributed by atoms with Crippen LogP contribution in [0.15, 0.2) is 0 Å². The second-order valence-electron chi connectivity index (χ2n) is 15.1. The third-order valence-corrected chi connectivity index (χ3v) is 7.87. The van der Waals surface area contributed by atoms with E-state index in [1.165, 1.54) is 70.6 Å². The monoisotopic (exact) mass is 687 g/mol. The SMILES string of the molecule is CCCCN1CCN(C)CC1.CN(CC=O)C(=O)OC(C)(C)C.CN1CCN(CCN(C)C(=O)OC(C)(C)C)CC1.CN1CCNCC1. The summed E-state index contributed by atoms with van der Waals surface area (Å²) in [6, 6.07) is 0. The topological polar surface area (TPSA) is 104 Å². The fourth-order valence-corrected chi connectivity index (χ4v) is 4.55. The highest BCUT2D eigenvalue weighted by Gasteiger charge is 2.21. The van der Waals surface area contributed by atoms with E-state index in [0.29, 0.717) is 6.29 Å². The number of piperazine rings is 3. The van der Waals surface area contributed by atoms with Crippen LogP contribution in [0, 0.1) is 0 Å². The molecule has 3 fully saturated rings. The minimum absolute atomic E-state index is 0.0644. The Kier molecular flexibility index (Phi) is 23.9. The number of nitrogens with zero attached hydrogens (tertiary/aromatic N) is 7. The van der Waals surface area contributed by atoms with Crippen molar-refractivity contribution >= 4 is 18.5 Å². The molecular formula is C35H74N8O5. The first kappa shape index (κ1) is 46.0. The van der Waals surface area contributed by atoms with Gasteiger partial charge in [0.05, 0.1) is 6.54 Å². The minimum atomic E-state index is -0.506. The molecule has 48 heavy (non-hydrogen) atoms. The summed E-state index contributed by atoms with van der Waals surface area (Å²) < 4.78 is 10.3. The van der Waals surface area contributed by atoms with Crippen LogP contribution in [0.5, 0.6) is 0 Å². The van der Waals surface area contributed by atoms with E-state index in [1.54, 1.807) is 32.7 Å². The van der Waals surface area contributed by atoms with Crippen molar-refractivity contribution in [1.82, 2.24) is 39.6 Å². The van der Waals surface area contributed by atoms with Crippen LogP contribution in [0.4, 0.5) is 9.59 Å². The zero-order chi connectivity index (χ0) is 36.8. The number of hydrogen-bond acceptors (Lipinski definition) is 11. The van der Waals surface area contributed by atoms with Crippen LogP contribution in [0.2, 0.25) is 0 Å². The largest absolute Gasteiger partial charge is 0.444 e. The predicted octanol–water partition coefficient (Wildman–Crippen LogP) is 2.71. The molecule has 0 aromatic rings. The lowest BCUT2D eigenvalue weighted by molar-refractivity contribution is -0.108. The van der Waals surface area contributed by atoms with E-state index in [4.69, 9.17) is 9.47 Å². The molecule has 13 heteroatoms. The van der Waals surface area contributed by atoms with Crippen molar-refractivity contribution in [3.05, 3.63) is 0 Å². The molecule has 3 heterocycles. The summed E-state index contributed by atoms with van der Waals surface area (Å²) in [4.78, 5) is 47.8. The number of likely N-dealkylation sites (N-methyl/N-ethyl adjacent to an activating group) is 5. The van der Waals surface area contributed by atoms with Gasteiger partial charge in [-0.15, -0.1) is 0 Å². The molecule has 2 amide bonds. The second kappa shape index (κ2) is 25.0. The molecule has 3 aliphatic heterocycles. The highest BCUT2D eigenvalue weighted by molar-refractivity contribution is 5.71. The number of rotatable bonds is 8. The van der Waals surface area contributed by atoms with Crippen LogP contribution in [-0.2, 0) is 14.3 Å². The van der Waals surface area contributed by atoms with Crippen molar-refractivity contribution in [3.63, 3.8) is 0 Å². The van der Waals surface area contributed by atoms with Gasteiger partial charge in [0, 0.05) is 106 Å². The number of nitrogens with one attached hydrogen (secondary N) is 1. The summed E-state index contributed by atoms with van der Waals surface area (Å²) >= 11 is 0. The molecule has 284 valence electrons. The van der Waals surface area contributed by atoms with Gasteiger partial charge in [-0.2, -0.15) is 0 Å². The Morgan fingerprint density at radius 3 is 1.42 bits per heavy atom. The van der Waals surface area contributed by atoms with Gasteiger partial charge in [0.25, 0.3) is 0 Å². The number of ether oxygens (including phenoxy) is 2. The molecule has 0 atom stereocenters. The lowest BCUT2D eigenvalue weighted by Gasteiger charge is -2.33. The first-order chi connectivity index (χ1) is 22.4. The number of unbranched alkanes of at least 4 members (excludes halogenated alkanes) is 1. The normalized spacial score (nSPS) is 18.5. The van der Waals surface area contributed by atoms with Gasteiger partial charge in [-0.1, -0.05) is 13.3 Å². The Morgan fingerprint density at radius 2 is 1.06 bits per heavy atom. The van der Waals surface area contributed by atoms with E-state index in [1.807, 2.05) is 20.8 Å². The fraction of sp³-hybridized carbons (Fsp3) is 0.914. The molecule has 0 aromatic heterocycles. The quantitative estimate of drug-likeness (QED) is 0.382. The summed E-state index contributed by atoms with van der Waals surface area (Å²) in [7, 11) is 9.81. The third kappa shape index (κ3) is 25.9. The predicted molar refractivity (Wildman–Crippen MR) is 197 cm³/mol. The molecular weight excluding hydrogens is 612 g/mol. The first-order valence-corrected chi connectivity index (χ1v) is 17.9. The van der Waals surface area contributed by atoms with Crippen molar-refractivity contribution in [2.75, 3.05) is 140 Å². The molecule has 0 aliphatic carbocycles. The molecule has 0 spiro atoms. The van der Waals surface area contributed by atoms with Crippen LogP contribution in [0.3, 0.4) is 0 Å². The molecule has 3 rings (SSSR count). The zero-order valence-electron chi connectivity index (χ0n) is 33.0. The van der Waals surface area contributed by atoms with Crippen molar-refractivity contribution in [3.8, 4) is 0 Å². The number of amides is 2. The molecule has 0 radical (unpaired) electrons. The van der Waals surface area contributed by atoms with Crippen LogP contribution in [0.1, 0.15) is 61.3 Å². The van der Waals surface area contributed by atoms with Gasteiger partial charge in [0.2, 0.25) is 0 Å². The Bertz CT molecular complexity index is 842. The number of aldehydes is 1. The maximum Gasteiger partial charge on any atom is 0.410 e. The summed E-state index contributed by atoms with van der Waals surface area (Å²) in [5.74, 6) is 0. The van der Waals surface area contributed by atoms with Crippen molar-refractivity contribution in [2.45, 2.75) is 72.5 Å². The molecule has 3 saturated heterocycles. The van der Waals surface area contributed by atoms with E-state index >= 15 is 0 Å². The molecule has 0 bridgehead atoms. The van der Waals surface area contributed by atoms with Crippen LogP contribution < -0.4 is 5.32 Å². The molecule has 0 aromatic carbocycles. The van der Waals surface area contributed by atoms with E-state index < -0.39 is 17.3 Å². The van der Waals surface area contributed by atoms with Gasteiger partial charge in [-0.05, 0) is 75.7 Å². The lowest BCUT2D eigenvalue weighted by atomic mass is 10.2. The molecule has 1 N–H and O–H groups in total. The number of carbonyl (C=O) groups excluding carboxylic acids is 3. The van der Waals surface area contributed by atoms with E-state index in [0.717, 1.165) is 52.4 Å². The van der Waals surface area contributed by atoms with Gasteiger partial charge >= 0.3 is 12.2 Å². The summed E-state index contributed by atoms with van der Waals surface area (Å²) in [6.45, 7) is 30.4. The van der Waals surface area contributed by atoms with Crippen molar-refractivity contribution < 1.29 is 23.9 Å². The van der Waals surface area contributed by atoms with Crippen LogP contribution >= 0.6 is 0 Å². The van der Waals surface area contributed by atoms with E-state index in [9.17, 15) is 14.4 Å². The Morgan fingerprint density at radius 1 is 0.667 bits per heavy atom. The summed E-state index contributed by atoms with van der Waals surface area (Å²) in [5, 5.41) is 3.27. The summed E-state index contributed by atoms with van der Waals surface area (Å²) in [6.07, 6.45) is 2.63. The maximum atomic E-state index is 11.8. The zero-order valence-corrected chi connectivity index (χ0v) is 33.0. The standard InChI is InChI=1S/C13H27N3O2.C9H20N2.C8H15NO3.C5H12N2/c1-13(2,3)18-12(17)15(5)8-11-16-9-6-14(4)7-10-16;1-3-4-5-11-8-6-10(2)7-9-11;1-8(2,3)12-7(11)9(4)5-6-10;1-7-4-2-6-3-5-7/h6-11H2,1-5H3;3-9H2,1-2H3;6H,5H2,1-4H3;6H,2-5H2,1H3. The van der Waals surface area contributed by atoms with Crippen LogP contribution in [-0.4, -0.2) is 204 Å². The van der Waals surface area contributed by atoms with Crippen molar-refractivity contribution in [1.29, 1.82) is 0 Å². The average molecular weight is 687 g/mol. The van der Waals surface area contributed by atoms with Gasteiger partial charge in [0.15, 0.2) is 0 Å². The Balaban J connectivity index is 0.000000646. The highest BCUT2D eigenvalue weighted by Crippen LogP contribution is 2.10. The first-order valence-electron chi connectivity index (χ1n) is 17.9. The smallest absolute Gasteiger partial charge is 0.410 e. The third-order valence-electron chi connectivity index (χ3n) is 7.87. The van der Waals surface area contributed by atoms with Gasteiger partial charge < -0.3 is 49.0 Å². The molecule has 0 unspecified atom stereocenters. The molecule has 0 saturated carbocycles. The summed E-state index contributed by atoms with van der Waals surface area (Å²) in [5.41, 5.74) is -0.923. The molecule has 3 aliphatic rings. The van der Waals surface area contributed by atoms with Gasteiger partial charge in [-0.25, -0.2) is 9.59 Å². The average Bonchev–Trinajstić information content (AvgIpc) is 3.00. The maximum absolute atomic E-state index is 11.8. The van der Waals surface area contributed by atoms with Crippen molar-refractivity contribution in [2.24, 2.45) is 0 Å². The Hall–Kier alpha value is -2.03. The fourth-order valence-electron chi connectivity index (χ4n) is 4.55. The van der Waals surface area contributed by atoms with E-state index in [-0.39, 0.29) is 12.6 Å². The Labute approximate surface area is 294 Å². The molecule has 13 nitrogen and oxygen atoms in total. The van der Waals surface area contributed by atoms with E-state index in [2.05, 4.69) is 57.9 Å². The minimum Gasteiger partial charge on any atom is -0.444 e. The number of hydrogen-bond donors (Lipinski definition) is 1. The highest BCUT2D eigenvalue weighted by atomic mass is 16.6. The lowest BCUT2D eigenvalue weighted by Crippen LogP contribution is -2.47. The van der Waals surface area contributed by atoms with Gasteiger partial charge in [-0.3, -0.25) is 4.90 Å². The second-order valence-corrected chi connectivity index (χ2v) is 15.1. The number of carbonyl (C=O) groups is 3. The van der Waals surface area contributed by atoms with Crippen LogP contribution in [0.25, 0.3) is 0 Å².